The summed E-state index contributed by atoms with van der Waals surface area (Å²) in [5.74, 6) is 0. The number of unbranched alkanes of at least 4 members (excludes halogenated alkanes) is 6. The second kappa shape index (κ2) is 9.07. The average Bonchev–Trinajstić information content (AvgIpc) is 3.39. The molecule has 2 nitrogen and oxygen atoms in total. The van der Waals surface area contributed by atoms with Crippen LogP contribution >= 0.6 is 0 Å². The summed E-state index contributed by atoms with van der Waals surface area (Å²) in [6.07, 6.45) is 12.8. The zero-order valence-corrected chi connectivity index (χ0v) is 21.4. The maximum atomic E-state index is 2.43. The number of fused-ring (bicyclic) bond motifs is 7. The summed E-state index contributed by atoms with van der Waals surface area (Å²) in [6.45, 7) is 2.29. The van der Waals surface area contributed by atoms with Crippen molar-refractivity contribution in [3.05, 3.63) is 72.6 Å². The van der Waals surface area contributed by atoms with Crippen molar-refractivity contribution >= 4 is 54.1 Å². The van der Waals surface area contributed by atoms with E-state index in [0.29, 0.717) is 0 Å². The van der Waals surface area contributed by atoms with Crippen molar-refractivity contribution in [2.45, 2.75) is 58.3 Å². The minimum absolute atomic E-state index is 1.17. The first-order valence-corrected chi connectivity index (χ1v) is 13.5. The molecule has 0 spiro atoms. The van der Waals surface area contributed by atoms with Gasteiger partial charge >= 0.3 is 0 Å². The molecule has 0 unspecified atom stereocenters. The predicted octanol–water partition coefficient (Wildman–Crippen LogP) is 9.42. The lowest BCUT2D eigenvalue weighted by Crippen LogP contribution is -1.96. The van der Waals surface area contributed by atoms with Crippen LogP contribution in [0, 0.1) is 0 Å². The predicted molar refractivity (Wildman–Crippen MR) is 154 cm³/mol. The molecule has 0 saturated carbocycles. The van der Waals surface area contributed by atoms with E-state index in [1.165, 1.54) is 111 Å². The monoisotopic (exact) mass is 460 g/mol. The molecular formula is C33H36N2. The van der Waals surface area contributed by atoms with Crippen molar-refractivity contribution in [2.24, 2.45) is 14.1 Å². The van der Waals surface area contributed by atoms with E-state index in [1.54, 1.807) is 0 Å². The summed E-state index contributed by atoms with van der Waals surface area (Å²) in [7, 11) is 4.36. The van der Waals surface area contributed by atoms with Gasteiger partial charge in [0, 0.05) is 47.8 Å². The number of aromatic nitrogens is 2. The maximum Gasteiger partial charge on any atom is 0.0486 e. The average molecular weight is 461 g/mol. The van der Waals surface area contributed by atoms with Crippen LogP contribution in [0.3, 0.4) is 0 Å². The lowest BCUT2D eigenvalue weighted by atomic mass is 9.95. The fraction of sp³-hybridized carbons (Fsp3) is 0.333. The van der Waals surface area contributed by atoms with Crippen molar-refractivity contribution < 1.29 is 0 Å². The molecule has 0 aliphatic rings. The molecular weight excluding hydrogens is 424 g/mol. The SMILES string of the molecule is CCCCCCCCCc1cc2cc3c(ccc4c5cc6ccn(C)c6cc5ccc34)cc2n1C. The highest BCUT2D eigenvalue weighted by Gasteiger charge is 2.11. The summed E-state index contributed by atoms with van der Waals surface area (Å²) in [5, 5.41) is 10.7. The van der Waals surface area contributed by atoms with Crippen molar-refractivity contribution in [3.8, 4) is 0 Å². The van der Waals surface area contributed by atoms with Gasteiger partial charge in [-0.15, -0.1) is 0 Å². The van der Waals surface area contributed by atoms with Gasteiger partial charge < -0.3 is 9.13 Å². The summed E-state index contributed by atoms with van der Waals surface area (Å²) in [5.41, 5.74) is 4.10. The largest absolute Gasteiger partial charge is 0.351 e. The number of rotatable bonds is 8. The highest BCUT2D eigenvalue weighted by atomic mass is 14.9. The Labute approximate surface area is 208 Å². The molecule has 0 aliphatic carbocycles. The summed E-state index contributed by atoms with van der Waals surface area (Å²) in [6, 6.07) is 23.4. The molecule has 4 aromatic carbocycles. The van der Waals surface area contributed by atoms with Crippen molar-refractivity contribution in [3.63, 3.8) is 0 Å². The van der Waals surface area contributed by atoms with Gasteiger partial charge in [-0.25, -0.2) is 0 Å². The number of benzene rings is 4. The third kappa shape index (κ3) is 3.89. The number of aryl methyl sites for hydroxylation is 3. The molecule has 6 aromatic rings. The van der Waals surface area contributed by atoms with E-state index < -0.39 is 0 Å². The fourth-order valence-electron chi connectivity index (χ4n) is 6.03. The van der Waals surface area contributed by atoms with Crippen LogP contribution in [0.15, 0.2) is 66.9 Å². The van der Waals surface area contributed by atoms with Crippen molar-refractivity contribution in [1.29, 1.82) is 0 Å². The van der Waals surface area contributed by atoms with Gasteiger partial charge in [-0.05, 0) is 81.6 Å². The molecule has 0 atom stereocenters. The van der Waals surface area contributed by atoms with E-state index in [9.17, 15) is 0 Å². The number of hydrogen-bond acceptors (Lipinski definition) is 0. The first kappa shape index (κ1) is 22.2. The molecule has 2 heterocycles. The maximum absolute atomic E-state index is 2.43. The van der Waals surface area contributed by atoms with Gasteiger partial charge in [-0.2, -0.15) is 0 Å². The molecule has 0 N–H and O–H groups in total. The minimum atomic E-state index is 1.17. The van der Waals surface area contributed by atoms with Crippen LogP contribution < -0.4 is 0 Å². The van der Waals surface area contributed by atoms with E-state index in [-0.39, 0.29) is 0 Å². The quantitative estimate of drug-likeness (QED) is 0.158. The van der Waals surface area contributed by atoms with Gasteiger partial charge in [0.1, 0.15) is 0 Å². The Hall–Kier alpha value is -3.26. The van der Waals surface area contributed by atoms with Crippen LogP contribution in [0.4, 0.5) is 0 Å². The molecule has 0 radical (unpaired) electrons. The minimum Gasteiger partial charge on any atom is -0.351 e. The highest BCUT2D eigenvalue weighted by molar-refractivity contribution is 6.20. The molecule has 6 rings (SSSR count). The second-order valence-electron chi connectivity index (χ2n) is 10.5. The van der Waals surface area contributed by atoms with E-state index in [4.69, 9.17) is 0 Å². The van der Waals surface area contributed by atoms with Gasteiger partial charge in [-0.3, -0.25) is 0 Å². The van der Waals surface area contributed by atoms with Gasteiger partial charge in [-0.1, -0.05) is 69.7 Å². The van der Waals surface area contributed by atoms with Gasteiger partial charge in [0.15, 0.2) is 0 Å². The third-order valence-corrected chi connectivity index (χ3v) is 8.14. The van der Waals surface area contributed by atoms with Crippen molar-refractivity contribution in [1.82, 2.24) is 9.13 Å². The van der Waals surface area contributed by atoms with Crippen LogP contribution in [-0.4, -0.2) is 9.13 Å². The first-order valence-electron chi connectivity index (χ1n) is 13.5. The fourth-order valence-corrected chi connectivity index (χ4v) is 6.03. The Morgan fingerprint density at radius 3 is 1.89 bits per heavy atom. The van der Waals surface area contributed by atoms with Crippen LogP contribution in [0.1, 0.15) is 57.6 Å². The molecule has 178 valence electrons. The Morgan fingerprint density at radius 2 is 1.17 bits per heavy atom. The Bertz CT molecular complexity index is 1680. The van der Waals surface area contributed by atoms with Crippen LogP contribution in [-0.2, 0) is 20.5 Å². The Kier molecular flexibility index (Phi) is 5.76. The zero-order chi connectivity index (χ0) is 23.9. The van der Waals surface area contributed by atoms with E-state index in [2.05, 4.69) is 97.0 Å². The van der Waals surface area contributed by atoms with E-state index >= 15 is 0 Å². The second-order valence-corrected chi connectivity index (χ2v) is 10.5. The normalized spacial score (nSPS) is 12.2. The Balaban J connectivity index is 1.36. The third-order valence-electron chi connectivity index (χ3n) is 8.14. The van der Waals surface area contributed by atoms with Crippen LogP contribution in [0.2, 0.25) is 0 Å². The standard InChI is InChI=1S/C33H36N2/c1-4-5-6-7-8-9-10-11-27-18-26-20-31-24(22-33(26)35(27)3)13-15-28-29(31)14-12-23-21-32-25(19-30(23)28)16-17-34(32)2/h12-22H,4-11H2,1-3H3. The molecule has 2 heteroatoms. The molecule has 0 aliphatic heterocycles. The highest BCUT2D eigenvalue weighted by Crippen LogP contribution is 2.36. The van der Waals surface area contributed by atoms with Crippen LogP contribution in [0.5, 0.6) is 0 Å². The van der Waals surface area contributed by atoms with Crippen LogP contribution in [0.25, 0.3) is 54.1 Å². The lowest BCUT2D eigenvalue weighted by Gasteiger charge is -2.10. The molecule has 0 bridgehead atoms. The molecule has 0 fully saturated rings. The summed E-state index contributed by atoms with van der Waals surface area (Å²) >= 11 is 0. The topological polar surface area (TPSA) is 9.86 Å². The van der Waals surface area contributed by atoms with Crippen molar-refractivity contribution in [2.75, 3.05) is 0 Å². The molecule has 0 saturated heterocycles. The van der Waals surface area contributed by atoms with E-state index in [0.717, 1.165) is 0 Å². The molecule has 2 aromatic heterocycles. The molecule has 0 amide bonds. The Morgan fingerprint density at radius 1 is 0.543 bits per heavy atom. The van der Waals surface area contributed by atoms with Gasteiger partial charge in [0.2, 0.25) is 0 Å². The lowest BCUT2D eigenvalue weighted by molar-refractivity contribution is 0.584. The number of nitrogens with zero attached hydrogens (tertiary/aromatic N) is 2. The van der Waals surface area contributed by atoms with Gasteiger partial charge in [0.25, 0.3) is 0 Å². The smallest absolute Gasteiger partial charge is 0.0486 e. The summed E-state index contributed by atoms with van der Waals surface area (Å²) < 4.78 is 4.62. The first-order chi connectivity index (χ1) is 17.1. The zero-order valence-electron chi connectivity index (χ0n) is 21.4. The van der Waals surface area contributed by atoms with E-state index in [1.807, 2.05) is 0 Å². The number of hydrogen-bond donors (Lipinski definition) is 0. The molecule has 35 heavy (non-hydrogen) atoms. The summed E-state index contributed by atoms with van der Waals surface area (Å²) in [4.78, 5) is 0. The van der Waals surface area contributed by atoms with Gasteiger partial charge in [0.05, 0.1) is 0 Å².